The maximum atomic E-state index is 13.0. The zero-order valence-electron chi connectivity index (χ0n) is 16.3. The van der Waals surface area contributed by atoms with Crippen molar-refractivity contribution in [2.24, 2.45) is 5.92 Å². The lowest BCUT2D eigenvalue weighted by atomic mass is 9.96. The normalized spacial score (nSPS) is 21.8. The molecule has 1 aromatic rings. The van der Waals surface area contributed by atoms with Crippen LogP contribution in [0.25, 0.3) is 0 Å². The molecule has 26 heavy (non-hydrogen) atoms. The Kier molecular flexibility index (Phi) is 6.92. The fourth-order valence-electron chi connectivity index (χ4n) is 4.22. The third-order valence-corrected chi connectivity index (χ3v) is 5.77. The number of rotatable bonds is 6. The molecule has 1 amide bonds. The van der Waals surface area contributed by atoms with Gasteiger partial charge in [0.25, 0.3) is 0 Å². The molecule has 0 aliphatic carbocycles. The molecule has 2 heterocycles. The van der Waals surface area contributed by atoms with Crippen molar-refractivity contribution in [3.63, 3.8) is 0 Å². The number of ether oxygens (including phenoxy) is 1. The highest BCUT2D eigenvalue weighted by Gasteiger charge is 2.31. The van der Waals surface area contributed by atoms with Gasteiger partial charge in [-0.1, -0.05) is 25.1 Å². The van der Waals surface area contributed by atoms with E-state index in [0.717, 1.165) is 71.7 Å². The minimum absolute atomic E-state index is 0.162. The van der Waals surface area contributed by atoms with Crippen LogP contribution in [-0.2, 0) is 16.0 Å². The van der Waals surface area contributed by atoms with Gasteiger partial charge in [0.1, 0.15) is 0 Å². The van der Waals surface area contributed by atoms with Crippen LogP contribution in [0.4, 0.5) is 5.69 Å². The van der Waals surface area contributed by atoms with Gasteiger partial charge in [-0.05, 0) is 37.4 Å². The van der Waals surface area contributed by atoms with Crippen molar-refractivity contribution in [2.75, 3.05) is 64.4 Å². The maximum absolute atomic E-state index is 13.0. The number of anilines is 1. The summed E-state index contributed by atoms with van der Waals surface area (Å²) in [5.74, 6) is 0.519. The van der Waals surface area contributed by atoms with Gasteiger partial charge in [0, 0.05) is 52.1 Å². The number of methoxy groups -OCH3 is 1. The zero-order valence-corrected chi connectivity index (χ0v) is 16.3. The van der Waals surface area contributed by atoms with Crippen LogP contribution in [0, 0.1) is 5.92 Å². The van der Waals surface area contributed by atoms with E-state index in [1.54, 1.807) is 7.11 Å². The number of carbonyl (C=O) groups is 1. The second-order valence-electron chi connectivity index (χ2n) is 7.43. The Morgan fingerprint density at radius 2 is 1.92 bits per heavy atom. The first-order valence-electron chi connectivity index (χ1n) is 10.1. The summed E-state index contributed by atoms with van der Waals surface area (Å²) in [5, 5.41) is 0. The van der Waals surface area contributed by atoms with E-state index in [-0.39, 0.29) is 5.92 Å². The van der Waals surface area contributed by atoms with E-state index in [4.69, 9.17) is 4.74 Å². The number of amides is 1. The Bertz CT molecular complexity index is 584. The van der Waals surface area contributed by atoms with Crippen LogP contribution in [0.2, 0.25) is 0 Å². The lowest BCUT2D eigenvalue weighted by molar-refractivity contribution is -0.137. The predicted molar refractivity (Wildman–Crippen MR) is 106 cm³/mol. The first kappa shape index (κ1) is 19.2. The Labute approximate surface area is 157 Å². The number of para-hydroxylation sites is 1. The van der Waals surface area contributed by atoms with Gasteiger partial charge in [0.05, 0.1) is 12.5 Å². The van der Waals surface area contributed by atoms with E-state index >= 15 is 0 Å². The van der Waals surface area contributed by atoms with Crippen LogP contribution in [0.5, 0.6) is 0 Å². The second-order valence-corrected chi connectivity index (χ2v) is 7.43. The standard InChI is InChI=1S/C21H33N3O2/c1-3-18-7-4-5-9-20(18)23-11-13-24(14-12-23)21(25)19-8-6-10-22(17-19)15-16-26-2/h4-5,7,9,19H,3,6,8,10-17H2,1-2H3/t19-/m0/s1. The van der Waals surface area contributed by atoms with E-state index in [9.17, 15) is 4.79 Å². The summed E-state index contributed by atoms with van der Waals surface area (Å²) in [6.07, 6.45) is 3.19. The molecule has 3 rings (SSSR count). The van der Waals surface area contributed by atoms with Crippen molar-refractivity contribution in [3.8, 4) is 0 Å². The summed E-state index contributed by atoms with van der Waals surface area (Å²) in [7, 11) is 1.74. The summed E-state index contributed by atoms with van der Waals surface area (Å²) in [5.41, 5.74) is 2.74. The minimum atomic E-state index is 0.162. The number of nitrogens with zero attached hydrogens (tertiary/aromatic N) is 3. The maximum Gasteiger partial charge on any atom is 0.227 e. The van der Waals surface area contributed by atoms with E-state index in [2.05, 4.69) is 45.9 Å². The molecule has 0 bridgehead atoms. The molecule has 144 valence electrons. The van der Waals surface area contributed by atoms with Crippen molar-refractivity contribution in [1.82, 2.24) is 9.80 Å². The molecule has 1 atom stereocenters. The molecular weight excluding hydrogens is 326 g/mol. The highest BCUT2D eigenvalue weighted by atomic mass is 16.5. The molecule has 5 nitrogen and oxygen atoms in total. The second kappa shape index (κ2) is 9.38. The summed E-state index contributed by atoms with van der Waals surface area (Å²) >= 11 is 0. The molecule has 0 unspecified atom stereocenters. The third-order valence-electron chi connectivity index (χ3n) is 5.77. The monoisotopic (exact) mass is 359 g/mol. The van der Waals surface area contributed by atoms with Gasteiger partial charge >= 0.3 is 0 Å². The summed E-state index contributed by atoms with van der Waals surface area (Å²) in [6.45, 7) is 9.41. The number of piperazine rings is 1. The lowest BCUT2D eigenvalue weighted by Crippen LogP contribution is -2.53. The molecule has 0 radical (unpaired) electrons. The van der Waals surface area contributed by atoms with Gasteiger partial charge in [-0.2, -0.15) is 0 Å². The number of hydrogen-bond acceptors (Lipinski definition) is 4. The molecule has 0 N–H and O–H groups in total. The summed E-state index contributed by atoms with van der Waals surface area (Å²) < 4.78 is 5.19. The number of piperidine rings is 1. The largest absolute Gasteiger partial charge is 0.383 e. The number of likely N-dealkylation sites (tertiary alicyclic amines) is 1. The van der Waals surface area contributed by atoms with Crippen LogP contribution in [0.1, 0.15) is 25.3 Å². The van der Waals surface area contributed by atoms with Crippen LogP contribution in [0.3, 0.4) is 0 Å². The van der Waals surface area contributed by atoms with E-state index < -0.39 is 0 Å². The fourth-order valence-corrected chi connectivity index (χ4v) is 4.22. The van der Waals surface area contributed by atoms with E-state index in [0.29, 0.717) is 5.91 Å². The van der Waals surface area contributed by atoms with E-state index in [1.807, 2.05) is 0 Å². The van der Waals surface area contributed by atoms with Crippen LogP contribution < -0.4 is 4.90 Å². The van der Waals surface area contributed by atoms with Crippen molar-refractivity contribution in [3.05, 3.63) is 29.8 Å². The predicted octanol–water partition coefficient (Wildman–Crippen LogP) is 2.26. The van der Waals surface area contributed by atoms with Gasteiger partial charge in [-0.3, -0.25) is 4.79 Å². The highest BCUT2D eigenvalue weighted by Crippen LogP contribution is 2.24. The minimum Gasteiger partial charge on any atom is -0.383 e. The Morgan fingerprint density at radius 1 is 1.15 bits per heavy atom. The van der Waals surface area contributed by atoms with Gasteiger partial charge in [0.15, 0.2) is 0 Å². The topological polar surface area (TPSA) is 36.0 Å². The molecule has 0 spiro atoms. The molecule has 0 saturated carbocycles. The number of aryl methyl sites for hydroxylation is 1. The Morgan fingerprint density at radius 3 is 2.65 bits per heavy atom. The number of carbonyl (C=O) groups excluding carboxylic acids is 1. The molecule has 5 heteroatoms. The van der Waals surface area contributed by atoms with Crippen LogP contribution >= 0.6 is 0 Å². The summed E-state index contributed by atoms with van der Waals surface area (Å²) in [6, 6.07) is 8.65. The lowest BCUT2D eigenvalue weighted by Gasteiger charge is -2.40. The molecule has 0 aromatic heterocycles. The number of hydrogen-bond donors (Lipinski definition) is 0. The molecule has 2 aliphatic heterocycles. The van der Waals surface area contributed by atoms with Gasteiger partial charge in [-0.25, -0.2) is 0 Å². The molecule has 1 aromatic carbocycles. The Balaban J connectivity index is 1.53. The van der Waals surface area contributed by atoms with Crippen LogP contribution in [-0.4, -0.2) is 75.2 Å². The van der Waals surface area contributed by atoms with Crippen molar-refractivity contribution in [2.45, 2.75) is 26.2 Å². The Hall–Kier alpha value is -1.59. The van der Waals surface area contributed by atoms with Gasteiger partial charge in [-0.15, -0.1) is 0 Å². The average Bonchev–Trinajstić information content (AvgIpc) is 2.72. The smallest absolute Gasteiger partial charge is 0.227 e. The quantitative estimate of drug-likeness (QED) is 0.781. The molecule has 2 saturated heterocycles. The van der Waals surface area contributed by atoms with Crippen LogP contribution in [0.15, 0.2) is 24.3 Å². The highest BCUT2D eigenvalue weighted by molar-refractivity contribution is 5.79. The fraction of sp³-hybridized carbons (Fsp3) is 0.667. The number of benzene rings is 1. The summed E-state index contributed by atoms with van der Waals surface area (Å²) in [4.78, 5) is 19.9. The average molecular weight is 360 g/mol. The zero-order chi connectivity index (χ0) is 18.4. The van der Waals surface area contributed by atoms with Crippen molar-refractivity contribution in [1.29, 1.82) is 0 Å². The first-order chi connectivity index (χ1) is 12.7. The van der Waals surface area contributed by atoms with Gasteiger partial charge in [0.2, 0.25) is 5.91 Å². The van der Waals surface area contributed by atoms with E-state index in [1.165, 1.54) is 11.3 Å². The first-order valence-corrected chi connectivity index (χ1v) is 10.1. The molecular formula is C21H33N3O2. The SMILES string of the molecule is CCc1ccccc1N1CCN(C(=O)[C@H]2CCCN(CCOC)C2)CC1. The molecule has 2 aliphatic rings. The molecule has 2 fully saturated rings. The van der Waals surface area contributed by atoms with Crippen molar-refractivity contribution >= 4 is 11.6 Å². The van der Waals surface area contributed by atoms with Gasteiger partial charge < -0.3 is 19.4 Å². The van der Waals surface area contributed by atoms with Crippen molar-refractivity contribution < 1.29 is 9.53 Å². The third kappa shape index (κ3) is 4.57.